The lowest BCUT2D eigenvalue weighted by Crippen LogP contribution is -2.06. The molecule has 0 atom stereocenters. The summed E-state index contributed by atoms with van der Waals surface area (Å²) in [5.41, 5.74) is 1.99. The molecule has 33 heavy (non-hydrogen) atoms. The second-order valence-electron chi connectivity index (χ2n) is 7.54. The van der Waals surface area contributed by atoms with Crippen LogP contribution in [0, 0.1) is 0 Å². The zero-order valence-corrected chi connectivity index (χ0v) is 20.0. The van der Waals surface area contributed by atoms with E-state index >= 15 is 0 Å². The molecule has 2 aromatic heterocycles. The van der Waals surface area contributed by atoms with Crippen LogP contribution in [0.5, 0.6) is 0 Å². The molecule has 0 bridgehead atoms. The maximum atomic E-state index is 11.6. The van der Waals surface area contributed by atoms with Crippen molar-refractivity contribution in [1.82, 2.24) is 19.3 Å². The number of aryl methyl sites for hydroxylation is 1. The average molecular weight is 532 g/mol. The molecule has 0 aliphatic heterocycles. The number of rotatable bonds is 8. The van der Waals surface area contributed by atoms with Crippen LogP contribution in [-0.4, -0.2) is 41.5 Å². The van der Waals surface area contributed by atoms with Gasteiger partial charge in [-0.2, -0.15) is 5.10 Å². The summed E-state index contributed by atoms with van der Waals surface area (Å²) in [4.78, 5) is 27.4. The Labute approximate surface area is 202 Å². The van der Waals surface area contributed by atoms with Gasteiger partial charge >= 0.3 is 11.9 Å². The molecule has 0 spiro atoms. The largest absolute Gasteiger partial charge is 0.478 e. The highest BCUT2D eigenvalue weighted by Crippen LogP contribution is 2.30. The lowest BCUT2D eigenvalue weighted by Gasteiger charge is -2.09. The number of para-hydroxylation sites is 1. The Morgan fingerprint density at radius 3 is 2.58 bits per heavy atom. The maximum absolute atomic E-state index is 11.6. The van der Waals surface area contributed by atoms with E-state index in [1.807, 2.05) is 18.2 Å². The van der Waals surface area contributed by atoms with E-state index in [1.54, 1.807) is 27.4 Å². The zero-order valence-electron chi connectivity index (χ0n) is 17.6. The molecular formula is C23H20BrClN4O4. The van der Waals surface area contributed by atoms with Crippen LogP contribution in [0.25, 0.3) is 16.6 Å². The maximum Gasteiger partial charge on any atom is 0.357 e. The number of hydrogen-bond donors (Lipinski definition) is 2. The fourth-order valence-corrected chi connectivity index (χ4v) is 4.55. The third-order valence-corrected chi connectivity index (χ3v) is 6.47. The van der Waals surface area contributed by atoms with Crippen molar-refractivity contribution < 1.29 is 19.8 Å². The first-order valence-corrected chi connectivity index (χ1v) is 11.5. The first-order chi connectivity index (χ1) is 15.8. The van der Waals surface area contributed by atoms with Gasteiger partial charge in [0.25, 0.3) is 0 Å². The summed E-state index contributed by atoms with van der Waals surface area (Å²) in [6.07, 6.45) is 2.44. The molecule has 0 saturated carbocycles. The molecule has 0 radical (unpaired) electrons. The van der Waals surface area contributed by atoms with E-state index in [0.717, 1.165) is 23.8 Å². The number of benzene rings is 2. The Morgan fingerprint density at radius 2 is 1.88 bits per heavy atom. The predicted octanol–water partition coefficient (Wildman–Crippen LogP) is 5.43. The summed E-state index contributed by atoms with van der Waals surface area (Å²) < 4.78 is 3.89. The molecule has 2 heterocycles. The number of carboxylic acid groups (broad SMARTS) is 2. The normalized spacial score (nSPS) is 11.2. The van der Waals surface area contributed by atoms with Crippen LogP contribution in [0.3, 0.4) is 0 Å². The summed E-state index contributed by atoms with van der Waals surface area (Å²) in [5, 5.41) is 24.4. The Hall–Kier alpha value is -3.17. The van der Waals surface area contributed by atoms with E-state index < -0.39 is 11.9 Å². The van der Waals surface area contributed by atoms with Gasteiger partial charge in [-0.3, -0.25) is 0 Å². The molecule has 0 aliphatic carbocycles. The van der Waals surface area contributed by atoms with E-state index in [1.165, 1.54) is 6.07 Å². The van der Waals surface area contributed by atoms with Crippen LogP contribution in [0.4, 0.5) is 0 Å². The van der Waals surface area contributed by atoms with E-state index in [2.05, 4.69) is 32.9 Å². The topological polar surface area (TPSA) is 110 Å². The van der Waals surface area contributed by atoms with Crippen LogP contribution < -0.4 is 0 Å². The molecule has 0 unspecified atom stereocenters. The third-order valence-electron chi connectivity index (χ3n) is 5.32. The molecule has 8 nitrogen and oxygen atoms in total. The predicted molar refractivity (Wildman–Crippen MR) is 128 cm³/mol. The molecular weight excluding hydrogens is 512 g/mol. The quantitative estimate of drug-likeness (QED) is 0.314. The number of unbranched alkanes of at least 4 members (excludes halogenated alkanes) is 1. The molecule has 0 saturated heterocycles. The molecule has 10 heteroatoms. The van der Waals surface area contributed by atoms with Crippen molar-refractivity contribution in [3.63, 3.8) is 0 Å². The molecule has 0 fully saturated rings. The lowest BCUT2D eigenvalue weighted by molar-refractivity contribution is 0.0682. The highest BCUT2D eigenvalue weighted by molar-refractivity contribution is 9.10. The van der Waals surface area contributed by atoms with E-state index in [9.17, 15) is 19.8 Å². The zero-order chi connectivity index (χ0) is 23.7. The molecule has 0 amide bonds. The first kappa shape index (κ1) is 23.0. The van der Waals surface area contributed by atoms with E-state index in [-0.39, 0.29) is 16.4 Å². The van der Waals surface area contributed by atoms with Gasteiger partial charge in [0.2, 0.25) is 0 Å². The number of carbonyl (C=O) groups is 2. The van der Waals surface area contributed by atoms with Crippen LogP contribution in [0.1, 0.15) is 52.0 Å². The van der Waals surface area contributed by atoms with Crippen molar-refractivity contribution in [3.05, 3.63) is 74.9 Å². The Morgan fingerprint density at radius 1 is 1.12 bits per heavy atom. The second kappa shape index (κ2) is 9.36. The SMILES string of the molecule is CCCCc1nc(C(=O)O)c(Cl)n1Cc1ccc2nn(-c3ccccc3C(=O)O)c(Br)c2c1. The van der Waals surface area contributed by atoms with E-state index in [0.29, 0.717) is 34.6 Å². The summed E-state index contributed by atoms with van der Waals surface area (Å²) >= 11 is 9.93. The summed E-state index contributed by atoms with van der Waals surface area (Å²) in [5.74, 6) is -1.57. The molecule has 0 aliphatic rings. The minimum absolute atomic E-state index is 0.0962. The summed E-state index contributed by atoms with van der Waals surface area (Å²) in [7, 11) is 0. The molecule has 170 valence electrons. The Balaban J connectivity index is 1.76. The Bertz CT molecular complexity index is 1380. The number of imidazole rings is 1. The number of carboxylic acids is 2. The van der Waals surface area contributed by atoms with Crippen molar-refractivity contribution in [2.45, 2.75) is 32.7 Å². The standard InChI is InChI=1S/C23H20BrClN4O4/c1-2-3-8-18-26-19(23(32)33)21(25)28(18)12-13-9-10-16-15(11-13)20(24)29(27-16)17-7-5-4-6-14(17)22(30)31/h4-7,9-11H,2-3,8,12H2,1H3,(H,30,31)(H,32,33). The van der Waals surface area contributed by atoms with Crippen molar-refractivity contribution in [2.75, 3.05) is 0 Å². The van der Waals surface area contributed by atoms with Gasteiger partial charge in [-0.05, 0) is 52.2 Å². The number of aromatic nitrogens is 4. The van der Waals surface area contributed by atoms with Gasteiger partial charge in [-0.1, -0.05) is 43.1 Å². The van der Waals surface area contributed by atoms with Gasteiger partial charge < -0.3 is 14.8 Å². The number of halogens is 2. The highest BCUT2D eigenvalue weighted by Gasteiger charge is 2.21. The number of nitrogens with zero attached hydrogens (tertiary/aromatic N) is 4. The van der Waals surface area contributed by atoms with Gasteiger partial charge in [-0.25, -0.2) is 19.3 Å². The minimum atomic E-state index is -1.16. The minimum Gasteiger partial charge on any atom is -0.478 e. The first-order valence-electron chi connectivity index (χ1n) is 10.3. The summed E-state index contributed by atoms with van der Waals surface area (Å²) in [6, 6.07) is 12.3. The van der Waals surface area contributed by atoms with Crippen molar-refractivity contribution in [1.29, 1.82) is 0 Å². The van der Waals surface area contributed by atoms with Crippen LogP contribution in [0.15, 0.2) is 47.1 Å². The molecule has 2 aromatic carbocycles. The average Bonchev–Trinajstić information content (AvgIpc) is 3.29. The van der Waals surface area contributed by atoms with Crippen molar-refractivity contribution >= 4 is 50.4 Å². The van der Waals surface area contributed by atoms with Gasteiger partial charge in [0, 0.05) is 11.8 Å². The second-order valence-corrected chi connectivity index (χ2v) is 8.65. The number of aromatic carboxylic acids is 2. The Kier molecular flexibility index (Phi) is 6.53. The monoisotopic (exact) mass is 530 g/mol. The third kappa shape index (κ3) is 4.38. The fourth-order valence-electron chi connectivity index (χ4n) is 3.68. The highest BCUT2D eigenvalue weighted by atomic mass is 79.9. The van der Waals surface area contributed by atoms with Crippen LogP contribution in [-0.2, 0) is 13.0 Å². The van der Waals surface area contributed by atoms with Gasteiger partial charge in [0.15, 0.2) is 5.69 Å². The number of hydrogen-bond acceptors (Lipinski definition) is 4. The lowest BCUT2D eigenvalue weighted by atomic mass is 10.1. The van der Waals surface area contributed by atoms with E-state index in [4.69, 9.17) is 11.6 Å². The van der Waals surface area contributed by atoms with Gasteiger partial charge in [0.1, 0.15) is 15.6 Å². The molecule has 2 N–H and O–H groups in total. The molecule has 4 rings (SSSR count). The van der Waals surface area contributed by atoms with Crippen LogP contribution >= 0.6 is 27.5 Å². The van der Waals surface area contributed by atoms with Crippen LogP contribution in [0.2, 0.25) is 5.15 Å². The van der Waals surface area contributed by atoms with Crippen molar-refractivity contribution in [2.24, 2.45) is 0 Å². The van der Waals surface area contributed by atoms with Crippen molar-refractivity contribution in [3.8, 4) is 5.69 Å². The number of fused-ring (bicyclic) bond motifs is 1. The van der Waals surface area contributed by atoms with Gasteiger partial charge in [-0.15, -0.1) is 0 Å². The smallest absolute Gasteiger partial charge is 0.357 e. The fraction of sp³-hybridized carbons (Fsp3) is 0.217. The molecule has 4 aromatic rings. The van der Waals surface area contributed by atoms with Gasteiger partial charge in [0.05, 0.1) is 23.3 Å². The summed E-state index contributed by atoms with van der Waals surface area (Å²) in [6.45, 7) is 2.40.